The summed E-state index contributed by atoms with van der Waals surface area (Å²) in [6, 6.07) is 3.68. The highest BCUT2D eigenvalue weighted by molar-refractivity contribution is 7.14. The number of hydrogen-bond donors (Lipinski definition) is 1. The second kappa shape index (κ2) is 5.80. The van der Waals surface area contributed by atoms with E-state index in [0.717, 1.165) is 5.56 Å². The molecule has 1 N–H and O–H groups in total. The second-order valence-electron chi connectivity index (χ2n) is 3.15. The van der Waals surface area contributed by atoms with Crippen LogP contribution in [-0.4, -0.2) is 23.2 Å². The maximum atomic E-state index is 11.0. The lowest BCUT2D eigenvalue weighted by Crippen LogP contribution is -2.10. The van der Waals surface area contributed by atoms with Crippen molar-refractivity contribution in [1.82, 2.24) is 9.97 Å². The molecule has 2 aromatic heterocycles. The van der Waals surface area contributed by atoms with Crippen molar-refractivity contribution in [3.63, 3.8) is 0 Å². The Balaban J connectivity index is 2.08. The normalized spacial score (nSPS) is 9.17. The summed E-state index contributed by atoms with van der Waals surface area (Å²) in [5.41, 5.74) is 1.41. The first-order valence-electron chi connectivity index (χ1n) is 5.00. The first-order valence-corrected chi connectivity index (χ1v) is 5.88. The summed E-state index contributed by atoms with van der Waals surface area (Å²) in [5.74, 6) is 5.82. The molecule has 0 saturated carbocycles. The number of hydrogen-bond acceptors (Lipinski definition) is 5. The smallest absolute Gasteiger partial charge is 0.413 e. The van der Waals surface area contributed by atoms with Gasteiger partial charge in [0.25, 0.3) is 0 Å². The number of aromatic nitrogens is 2. The highest BCUT2D eigenvalue weighted by Crippen LogP contribution is 2.14. The van der Waals surface area contributed by atoms with E-state index in [1.54, 1.807) is 17.8 Å². The van der Waals surface area contributed by atoms with Gasteiger partial charge in [0.05, 0.1) is 7.11 Å². The highest BCUT2D eigenvalue weighted by atomic mass is 32.1. The van der Waals surface area contributed by atoms with Crippen LogP contribution in [0.2, 0.25) is 0 Å². The van der Waals surface area contributed by atoms with Gasteiger partial charge in [0.15, 0.2) is 5.13 Å². The molecule has 18 heavy (non-hydrogen) atoms. The summed E-state index contributed by atoms with van der Waals surface area (Å²) in [5, 5.41) is 4.69. The van der Waals surface area contributed by atoms with Crippen LogP contribution in [0.25, 0.3) is 0 Å². The number of ether oxygens (including phenoxy) is 1. The lowest BCUT2D eigenvalue weighted by atomic mass is 10.3. The number of thiazole rings is 1. The molecule has 5 nitrogen and oxygen atoms in total. The topological polar surface area (TPSA) is 64.1 Å². The molecule has 0 saturated heterocycles. The zero-order valence-corrected chi connectivity index (χ0v) is 10.3. The van der Waals surface area contributed by atoms with Gasteiger partial charge < -0.3 is 4.74 Å². The summed E-state index contributed by atoms with van der Waals surface area (Å²) in [4.78, 5) is 19.0. The lowest BCUT2D eigenvalue weighted by Gasteiger charge is -1.96. The first-order chi connectivity index (χ1) is 8.78. The molecule has 0 aliphatic carbocycles. The van der Waals surface area contributed by atoms with Crippen molar-refractivity contribution in [3.05, 3.63) is 41.2 Å². The van der Waals surface area contributed by atoms with Crippen molar-refractivity contribution in [2.45, 2.75) is 0 Å². The Bertz CT molecular complexity index is 599. The molecule has 90 valence electrons. The van der Waals surface area contributed by atoms with Gasteiger partial charge in [-0.25, -0.2) is 9.78 Å². The van der Waals surface area contributed by atoms with E-state index in [0.29, 0.717) is 10.8 Å². The van der Waals surface area contributed by atoms with Gasteiger partial charge in [-0.1, -0.05) is 5.92 Å². The number of pyridine rings is 1. The number of anilines is 1. The van der Waals surface area contributed by atoms with Crippen molar-refractivity contribution in [1.29, 1.82) is 0 Å². The Hall–Kier alpha value is -2.39. The van der Waals surface area contributed by atoms with Crippen LogP contribution in [0.3, 0.4) is 0 Å². The minimum absolute atomic E-state index is 0.456. The number of amides is 1. The predicted octanol–water partition coefficient (Wildman–Crippen LogP) is 2.12. The van der Waals surface area contributed by atoms with E-state index in [9.17, 15) is 4.79 Å². The van der Waals surface area contributed by atoms with Crippen molar-refractivity contribution < 1.29 is 9.53 Å². The molecule has 0 bridgehead atoms. The van der Waals surface area contributed by atoms with E-state index in [1.165, 1.54) is 18.4 Å². The number of carbonyl (C=O) groups is 1. The van der Waals surface area contributed by atoms with Crippen LogP contribution in [0, 0.1) is 11.8 Å². The van der Waals surface area contributed by atoms with Gasteiger partial charge in [-0.05, 0) is 18.1 Å². The summed E-state index contributed by atoms with van der Waals surface area (Å²) in [6.07, 6.45) is 2.82. The van der Waals surface area contributed by atoms with Gasteiger partial charge in [0.2, 0.25) is 0 Å². The van der Waals surface area contributed by atoms with Crippen LogP contribution >= 0.6 is 11.3 Å². The van der Waals surface area contributed by atoms with E-state index in [1.807, 2.05) is 12.1 Å². The maximum absolute atomic E-state index is 11.0. The minimum atomic E-state index is -0.545. The Kier molecular flexibility index (Phi) is 3.89. The highest BCUT2D eigenvalue weighted by Gasteiger charge is 2.04. The molecule has 2 heterocycles. The summed E-state index contributed by atoms with van der Waals surface area (Å²) in [7, 11) is 1.30. The lowest BCUT2D eigenvalue weighted by molar-refractivity contribution is 0.187. The van der Waals surface area contributed by atoms with Crippen LogP contribution < -0.4 is 5.32 Å². The zero-order valence-electron chi connectivity index (χ0n) is 9.51. The van der Waals surface area contributed by atoms with Gasteiger partial charge in [-0.3, -0.25) is 10.3 Å². The minimum Gasteiger partial charge on any atom is -0.453 e. The monoisotopic (exact) mass is 259 g/mol. The van der Waals surface area contributed by atoms with Crippen LogP contribution in [0.5, 0.6) is 0 Å². The summed E-state index contributed by atoms with van der Waals surface area (Å²) in [6.45, 7) is 0. The first kappa shape index (κ1) is 12.1. The fraction of sp³-hybridized carbons (Fsp3) is 0.0833. The fourth-order valence-corrected chi connectivity index (χ4v) is 1.73. The molecule has 0 aliphatic heterocycles. The van der Waals surface area contributed by atoms with Gasteiger partial charge in [-0.2, -0.15) is 0 Å². The van der Waals surface area contributed by atoms with E-state index in [-0.39, 0.29) is 0 Å². The third-order valence-corrected chi connectivity index (χ3v) is 2.65. The molecule has 2 rings (SSSR count). The molecule has 0 unspecified atom stereocenters. The molecular formula is C12H9N3O2S. The maximum Gasteiger partial charge on any atom is 0.413 e. The molecule has 0 atom stereocenters. The molecule has 0 aliphatic rings. The van der Waals surface area contributed by atoms with Crippen LogP contribution in [0.15, 0.2) is 29.9 Å². The number of carbonyl (C=O) groups excluding carboxylic acids is 1. The van der Waals surface area contributed by atoms with Crippen LogP contribution in [0.4, 0.5) is 9.93 Å². The average Bonchev–Trinajstić information content (AvgIpc) is 2.85. The molecule has 1 amide bonds. The molecule has 0 spiro atoms. The quantitative estimate of drug-likeness (QED) is 0.797. The van der Waals surface area contributed by atoms with Crippen molar-refractivity contribution in [2.75, 3.05) is 12.4 Å². The van der Waals surface area contributed by atoms with E-state index in [2.05, 4.69) is 31.9 Å². The standard InChI is InChI=1S/C12H9N3O2S/c1-17-12(16)15-11-14-10(8-18-11)5-4-9-3-2-6-13-7-9/h2-3,6-8H,1H3,(H,14,15,16). The fourth-order valence-electron chi connectivity index (χ4n) is 1.10. The van der Waals surface area contributed by atoms with Crippen molar-refractivity contribution >= 4 is 22.6 Å². The van der Waals surface area contributed by atoms with E-state index in [4.69, 9.17) is 0 Å². The molecule has 6 heteroatoms. The number of rotatable bonds is 1. The molecule has 0 fully saturated rings. The Morgan fingerprint density at radius 2 is 2.39 bits per heavy atom. The zero-order chi connectivity index (χ0) is 12.8. The summed E-state index contributed by atoms with van der Waals surface area (Å²) < 4.78 is 4.47. The summed E-state index contributed by atoms with van der Waals surface area (Å²) >= 11 is 1.29. The Labute approximate surface area is 108 Å². The number of nitrogens with zero attached hydrogens (tertiary/aromatic N) is 2. The van der Waals surface area contributed by atoms with Crippen molar-refractivity contribution in [3.8, 4) is 11.8 Å². The van der Waals surface area contributed by atoms with Crippen molar-refractivity contribution in [2.24, 2.45) is 0 Å². The molecule has 0 radical (unpaired) electrons. The number of methoxy groups -OCH3 is 1. The van der Waals surface area contributed by atoms with E-state index >= 15 is 0 Å². The number of nitrogens with one attached hydrogen (secondary N) is 1. The SMILES string of the molecule is COC(=O)Nc1nc(C#Cc2cccnc2)cs1. The molecule has 2 aromatic rings. The third-order valence-electron chi connectivity index (χ3n) is 1.90. The third kappa shape index (κ3) is 3.30. The molecular weight excluding hydrogens is 250 g/mol. The molecule has 0 aromatic carbocycles. The predicted molar refractivity (Wildman–Crippen MR) is 68.4 cm³/mol. The van der Waals surface area contributed by atoms with Gasteiger partial charge in [-0.15, -0.1) is 11.3 Å². The second-order valence-corrected chi connectivity index (χ2v) is 4.00. The van der Waals surface area contributed by atoms with Gasteiger partial charge >= 0.3 is 6.09 Å². The largest absolute Gasteiger partial charge is 0.453 e. The Morgan fingerprint density at radius 1 is 1.50 bits per heavy atom. The van der Waals surface area contributed by atoms with E-state index < -0.39 is 6.09 Å². The van der Waals surface area contributed by atoms with Crippen LogP contribution in [-0.2, 0) is 4.74 Å². The average molecular weight is 259 g/mol. The van der Waals surface area contributed by atoms with Gasteiger partial charge in [0.1, 0.15) is 5.69 Å². The Morgan fingerprint density at radius 3 is 3.11 bits per heavy atom. The van der Waals surface area contributed by atoms with Crippen LogP contribution in [0.1, 0.15) is 11.3 Å². The van der Waals surface area contributed by atoms with Gasteiger partial charge in [0, 0.05) is 23.3 Å².